The predicted molar refractivity (Wildman–Crippen MR) is 81.4 cm³/mol. The summed E-state index contributed by atoms with van der Waals surface area (Å²) < 4.78 is 5.15. The maximum absolute atomic E-state index is 9.31. The zero-order chi connectivity index (χ0) is 14.5. The van der Waals surface area contributed by atoms with Gasteiger partial charge in [0.2, 0.25) is 0 Å². The number of nitrogens with zero attached hydrogens (tertiary/aromatic N) is 1. The van der Waals surface area contributed by atoms with Crippen molar-refractivity contribution in [2.75, 3.05) is 12.4 Å². The second-order valence-electron chi connectivity index (χ2n) is 4.11. The summed E-state index contributed by atoms with van der Waals surface area (Å²) in [7, 11) is 1.60. The van der Waals surface area contributed by atoms with E-state index in [1.807, 2.05) is 24.3 Å². The molecule has 0 radical (unpaired) electrons. The number of nitriles is 1. The van der Waals surface area contributed by atoms with Crippen molar-refractivity contribution in [1.82, 2.24) is 0 Å². The summed E-state index contributed by atoms with van der Waals surface area (Å²) in [6.07, 6.45) is 0. The standard InChI is InChI=1S/C15H12Cl2N2O/c1-20-12-4-2-3-11(8-12)19-15(9-18)10-5-6-13(16)14(17)7-10/h2-8,15,19H,1H3. The lowest BCUT2D eigenvalue weighted by atomic mass is 10.1. The maximum atomic E-state index is 9.31. The van der Waals surface area contributed by atoms with E-state index in [9.17, 15) is 5.26 Å². The van der Waals surface area contributed by atoms with Crippen LogP contribution >= 0.6 is 23.2 Å². The Morgan fingerprint density at radius 3 is 2.60 bits per heavy atom. The molecule has 0 fully saturated rings. The van der Waals surface area contributed by atoms with Crippen molar-refractivity contribution in [1.29, 1.82) is 5.26 Å². The second-order valence-corrected chi connectivity index (χ2v) is 4.93. The van der Waals surface area contributed by atoms with E-state index in [1.54, 1.807) is 25.3 Å². The first-order valence-electron chi connectivity index (χ1n) is 5.89. The molecule has 5 heteroatoms. The molecule has 2 aromatic rings. The molecule has 2 rings (SSSR count). The van der Waals surface area contributed by atoms with E-state index >= 15 is 0 Å². The third kappa shape index (κ3) is 3.36. The molecule has 1 unspecified atom stereocenters. The summed E-state index contributed by atoms with van der Waals surface area (Å²) in [5.74, 6) is 0.723. The molecular weight excluding hydrogens is 295 g/mol. The van der Waals surface area contributed by atoms with Crippen LogP contribution < -0.4 is 10.1 Å². The minimum atomic E-state index is -0.517. The average molecular weight is 307 g/mol. The first kappa shape index (κ1) is 14.5. The lowest BCUT2D eigenvalue weighted by Crippen LogP contribution is -2.08. The third-order valence-electron chi connectivity index (χ3n) is 2.79. The van der Waals surface area contributed by atoms with Crippen molar-refractivity contribution >= 4 is 28.9 Å². The molecule has 20 heavy (non-hydrogen) atoms. The Kier molecular flexibility index (Phi) is 4.73. The van der Waals surface area contributed by atoms with E-state index in [0.29, 0.717) is 10.0 Å². The Bertz CT molecular complexity index is 653. The van der Waals surface area contributed by atoms with E-state index in [4.69, 9.17) is 27.9 Å². The van der Waals surface area contributed by atoms with Gasteiger partial charge in [0.15, 0.2) is 0 Å². The summed E-state index contributed by atoms with van der Waals surface area (Å²) >= 11 is 11.9. The predicted octanol–water partition coefficient (Wildman–Crippen LogP) is 4.68. The molecule has 0 saturated heterocycles. The van der Waals surface area contributed by atoms with Crippen LogP contribution in [0.25, 0.3) is 0 Å². The molecule has 1 N–H and O–H groups in total. The van der Waals surface area contributed by atoms with Gasteiger partial charge in [0.25, 0.3) is 0 Å². The highest BCUT2D eigenvalue weighted by molar-refractivity contribution is 6.42. The number of ether oxygens (including phenoxy) is 1. The van der Waals surface area contributed by atoms with Crippen molar-refractivity contribution in [2.45, 2.75) is 6.04 Å². The van der Waals surface area contributed by atoms with Crippen molar-refractivity contribution in [3.8, 4) is 11.8 Å². The van der Waals surface area contributed by atoms with Gasteiger partial charge in [-0.05, 0) is 29.8 Å². The van der Waals surface area contributed by atoms with Gasteiger partial charge in [-0.25, -0.2) is 0 Å². The number of halogens is 2. The van der Waals surface area contributed by atoms with Crippen LogP contribution in [0.4, 0.5) is 5.69 Å². The quantitative estimate of drug-likeness (QED) is 0.892. The largest absolute Gasteiger partial charge is 0.497 e. The van der Waals surface area contributed by atoms with Crippen molar-refractivity contribution in [3.05, 3.63) is 58.1 Å². The first-order valence-corrected chi connectivity index (χ1v) is 6.65. The summed E-state index contributed by atoms with van der Waals surface area (Å²) in [4.78, 5) is 0. The van der Waals surface area contributed by atoms with Crippen LogP contribution in [-0.2, 0) is 0 Å². The van der Waals surface area contributed by atoms with E-state index in [0.717, 1.165) is 17.0 Å². The first-order chi connectivity index (χ1) is 9.63. The Morgan fingerprint density at radius 2 is 1.95 bits per heavy atom. The lowest BCUT2D eigenvalue weighted by molar-refractivity contribution is 0.415. The molecule has 102 valence electrons. The van der Waals surface area contributed by atoms with Crippen LogP contribution in [-0.4, -0.2) is 7.11 Å². The highest BCUT2D eigenvalue weighted by atomic mass is 35.5. The molecule has 2 aromatic carbocycles. The van der Waals surface area contributed by atoms with Crippen LogP contribution in [0.15, 0.2) is 42.5 Å². The highest BCUT2D eigenvalue weighted by Gasteiger charge is 2.12. The lowest BCUT2D eigenvalue weighted by Gasteiger charge is -2.14. The maximum Gasteiger partial charge on any atom is 0.140 e. The molecule has 0 heterocycles. The Hall–Kier alpha value is -1.89. The van der Waals surface area contributed by atoms with Gasteiger partial charge < -0.3 is 10.1 Å². The smallest absolute Gasteiger partial charge is 0.140 e. The molecule has 0 aliphatic heterocycles. The van der Waals surface area contributed by atoms with E-state index < -0.39 is 6.04 Å². The Labute approximate surface area is 127 Å². The summed E-state index contributed by atoms with van der Waals surface area (Å²) in [6, 6.07) is 14.2. The van der Waals surface area contributed by atoms with Gasteiger partial charge in [-0.3, -0.25) is 0 Å². The fourth-order valence-corrected chi connectivity index (χ4v) is 2.07. The fraction of sp³-hybridized carbons (Fsp3) is 0.133. The van der Waals surface area contributed by atoms with Crippen LogP contribution in [0.3, 0.4) is 0 Å². The SMILES string of the molecule is COc1cccc(NC(C#N)c2ccc(Cl)c(Cl)c2)c1. The zero-order valence-electron chi connectivity index (χ0n) is 10.7. The number of hydrogen-bond donors (Lipinski definition) is 1. The van der Waals surface area contributed by atoms with Crippen LogP contribution in [0.2, 0.25) is 10.0 Å². The molecule has 0 saturated carbocycles. The minimum Gasteiger partial charge on any atom is -0.497 e. The van der Waals surface area contributed by atoms with Crippen LogP contribution in [0, 0.1) is 11.3 Å². The summed E-state index contributed by atoms with van der Waals surface area (Å²) in [5.41, 5.74) is 1.55. The van der Waals surface area contributed by atoms with Crippen molar-refractivity contribution < 1.29 is 4.74 Å². The molecule has 0 amide bonds. The normalized spacial score (nSPS) is 11.5. The van der Waals surface area contributed by atoms with Crippen LogP contribution in [0.1, 0.15) is 11.6 Å². The number of rotatable bonds is 4. The summed E-state index contributed by atoms with van der Waals surface area (Å²) in [5, 5.41) is 13.3. The second kappa shape index (κ2) is 6.51. The van der Waals surface area contributed by atoms with E-state index in [1.165, 1.54) is 0 Å². The highest BCUT2D eigenvalue weighted by Crippen LogP contribution is 2.28. The monoisotopic (exact) mass is 306 g/mol. The molecule has 0 bridgehead atoms. The number of nitrogens with one attached hydrogen (secondary N) is 1. The topological polar surface area (TPSA) is 45.0 Å². The zero-order valence-corrected chi connectivity index (χ0v) is 12.2. The number of hydrogen-bond acceptors (Lipinski definition) is 3. The number of methoxy groups -OCH3 is 1. The molecule has 0 aliphatic carbocycles. The van der Waals surface area contributed by atoms with Crippen molar-refractivity contribution in [3.63, 3.8) is 0 Å². The summed E-state index contributed by atoms with van der Waals surface area (Å²) in [6.45, 7) is 0. The van der Waals surface area contributed by atoms with E-state index in [2.05, 4.69) is 11.4 Å². The number of anilines is 1. The fourth-order valence-electron chi connectivity index (χ4n) is 1.76. The Morgan fingerprint density at radius 1 is 1.15 bits per heavy atom. The van der Waals surface area contributed by atoms with Gasteiger partial charge in [-0.2, -0.15) is 5.26 Å². The van der Waals surface area contributed by atoms with Gasteiger partial charge in [0.05, 0.1) is 23.2 Å². The Balaban J connectivity index is 2.24. The average Bonchev–Trinajstić information content (AvgIpc) is 2.48. The minimum absolute atomic E-state index is 0.428. The van der Waals surface area contributed by atoms with E-state index in [-0.39, 0.29) is 0 Å². The van der Waals surface area contributed by atoms with Gasteiger partial charge in [0.1, 0.15) is 11.8 Å². The molecule has 0 spiro atoms. The third-order valence-corrected chi connectivity index (χ3v) is 3.53. The number of benzene rings is 2. The molecular formula is C15H12Cl2N2O. The molecule has 3 nitrogen and oxygen atoms in total. The van der Waals surface area contributed by atoms with Gasteiger partial charge in [0, 0.05) is 11.8 Å². The van der Waals surface area contributed by atoms with Crippen molar-refractivity contribution in [2.24, 2.45) is 0 Å². The van der Waals surface area contributed by atoms with Gasteiger partial charge >= 0.3 is 0 Å². The molecule has 1 atom stereocenters. The molecule has 0 aromatic heterocycles. The van der Waals surface area contributed by atoms with Gasteiger partial charge in [-0.1, -0.05) is 35.3 Å². The molecule has 0 aliphatic rings. The van der Waals surface area contributed by atoms with Gasteiger partial charge in [-0.15, -0.1) is 0 Å². The van der Waals surface area contributed by atoms with Crippen LogP contribution in [0.5, 0.6) is 5.75 Å².